The maximum atomic E-state index is 12.5. The number of nitrogens with one attached hydrogen (secondary N) is 2. The molecule has 3 rings (SSSR count). The van der Waals surface area contributed by atoms with Crippen molar-refractivity contribution < 1.29 is 9.59 Å². The first-order valence-corrected chi connectivity index (χ1v) is 9.40. The van der Waals surface area contributed by atoms with Crippen LogP contribution < -0.4 is 10.9 Å². The fourth-order valence-electron chi connectivity index (χ4n) is 2.68. The van der Waals surface area contributed by atoms with E-state index in [-0.39, 0.29) is 30.5 Å². The number of carbonyl (C=O) groups excluding carboxylic acids is 2. The van der Waals surface area contributed by atoms with E-state index in [2.05, 4.69) is 15.3 Å². The van der Waals surface area contributed by atoms with E-state index in [1.165, 1.54) is 16.2 Å². The second-order valence-electron chi connectivity index (χ2n) is 6.03. The SMILES string of the molecule is CCN(Cc1nc2ccccc2c(=O)[nH]1)C(=O)CNC(=O)c1ccc(C)s1. The zero-order chi connectivity index (χ0) is 19.4. The molecule has 0 spiro atoms. The Morgan fingerprint density at radius 1 is 1.22 bits per heavy atom. The van der Waals surface area contributed by atoms with Gasteiger partial charge in [-0.25, -0.2) is 4.98 Å². The van der Waals surface area contributed by atoms with Crippen LogP contribution in [0.2, 0.25) is 0 Å². The fraction of sp³-hybridized carbons (Fsp3) is 0.263. The third-order valence-corrected chi connectivity index (χ3v) is 5.10. The molecule has 0 aliphatic heterocycles. The van der Waals surface area contributed by atoms with E-state index in [9.17, 15) is 14.4 Å². The largest absolute Gasteiger partial charge is 0.342 e. The Morgan fingerprint density at radius 2 is 2.00 bits per heavy atom. The molecule has 0 aliphatic carbocycles. The number of carbonyl (C=O) groups is 2. The number of hydrogen-bond acceptors (Lipinski definition) is 5. The number of aryl methyl sites for hydroxylation is 1. The lowest BCUT2D eigenvalue weighted by Crippen LogP contribution is -2.40. The topological polar surface area (TPSA) is 95.2 Å². The van der Waals surface area contributed by atoms with Crippen molar-refractivity contribution >= 4 is 34.1 Å². The maximum absolute atomic E-state index is 12.5. The van der Waals surface area contributed by atoms with Gasteiger partial charge in [0.25, 0.3) is 11.5 Å². The van der Waals surface area contributed by atoms with Crippen molar-refractivity contribution in [2.24, 2.45) is 0 Å². The summed E-state index contributed by atoms with van der Waals surface area (Å²) in [6, 6.07) is 10.6. The lowest BCUT2D eigenvalue weighted by Gasteiger charge is -2.20. The molecule has 2 amide bonds. The summed E-state index contributed by atoms with van der Waals surface area (Å²) in [6.07, 6.45) is 0. The quantitative estimate of drug-likeness (QED) is 0.680. The van der Waals surface area contributed by atoms with Gasteiger partial charge in [-0.05, 0) is 38.1 Å². The molecular formula is C19H20N4O3S. The van der Waals surface area contributed by atoms with Gasteiger partial charge in [0.2, 0.25) is 5.91 Å². The van der Waals surface area contributed by atoms with Crippen LogP contribution in [0, 0.1) is 6.92 Å². The Hall–Kier alpha value is -3.00. The molecule has 2 heterocycles. The van der Waals surface area contributed by atoms with E-state index >= 15 is 0 Å². The summed E-state index contributed by atoms with van der Waals surface area (Å²) in [4.78, 5) is 47.0. The average molecular weight is 384 g/mol. The summed E-state index contributed by atoms with van der Waals surface area (Å²) in [5, 5.41) is 3.15. The lowest BCUT2D eigenvalue weighted by molar-refractivity contribution is -0.130. The van der Waals surface area contributed by atoms with Crippen molar-refractivity contribution in [2.75, 3.05) is 13.1 Å². The van der Waals surface area contributed by atoms with E-state index < -0.39 is 0 Å². The average Bonchev–Trinajstić information content (AvgIpc) is 3.10. The molecule has 2 aromatic heterocycles. The van der Waals surface area contributed by atoms with Crippen LogP contribution in [0.3, 0.4) is 0 Å². The molecule has 0 fully saturated rings. The molecule has 7 nitrogen and oxygen atoms in total. The van der Waals surface area contributed by atoms with Gasteiger partial charge in [-0.1, -0.05) is 12.1 Å². The highest BCUT2D eigenvalue weighted by Crippen LogP contribution is 2.14. The monoisotopic (exact) mass is 384 g/mol. The van der Waals surface area contributed by atoms with Crippen molar-refractivity contribution in [1.29, 1.82) is 0 Å². The minimum Gasteiger partial charge on any atom is -0.342 e. The lowest BCUT2D eigenvalue weighted by atomic mass is 10.2. The Morgan fingerprint density at radius 3 is 2.70 bits per heavy atom. The van der Waals surface area contributed by atoms with Crippen molar-refractivity contribution in [3.8, 4) is 0 Å². The van der Waals surface area contributed by atoms with Gasteiger partial charge < -0.3 is 15.2 Å². The van der Waals surface area contributed by atoms with Gasteiger partial charge in [0, 0.05) is 11.4 Å². The third kappa shape index (κ3) is 4.40. The number of rotatable bonds is 6. The van der Waals surface area contributed by atoms with Crippen molar-refractivity contribution in [2.45, 2.75) is 20.4 Å². The second kappa shape index (κ2) is 8.13. The number of nitrogens with zero attached hydrogens (tertiary/aromatic N) is 2. The molecule has 0 unspecified atom stereocenters. The van der Waals surface area contributed by atoms with Crippen molar-refractivity contribution in [1.82, 2.24) is 20.2 Å². The number of amides is 2. The molecule has 0 bridgehead atoms. The zero-order valence-corrected chi connectivity index (χ0v) is 15.9. The van der Waals surface area contributed by atoms with Gasteiger partial charge in [0.15, 0.2) is 0 Å². The number of H-pyrrole nitrogens is 1. The number of fused-ring (bicyclic) bond motifs is 1. The number of thiophene rings is 1. The number of hydrogen-bond donors (Lipinski definition) is 2. The van der Waals surface area contributed by atoms with E-state index in [4.69, 9.17) is 0 Å². The number of aromatic nitrogens is 2. The molecular weight excluding hydrogens is 364 g/mol. The molecule has 140 valence electrons. The molecule has 0 radical (unpaired) electrons. The number of aromatic amines is 1. The van der Waals surface area contributed by atoms with Crippen LogP contribution in [-0.4, -0.2) is 39.8 Å². The fourth-order valence-corrected chi connectivity index (χ4v) is 3.46. The predicted octanol–water partition coefficient (Wildman–Crippen LogP) is 2.07. The van der Waals surface area contributed by atoms with Crippen LogP contribution in [0.25, 0.3) is 10.9 Å². The number of para-hydroxylation sites is 1. The van der Waals surface area contributed by atoms with E-state index in [1.807, 2.05) is 26.0 Å². The molecule has 3 aromatic rings. The molecule has 8 heteroatoms. The summed E-state index contributed by atoms with van der Waals surface area (Å²) in [5.74, 6) is -0.0983. The summed E-state index contributed by atoms with van der Waals surface area (Å²) >= 11 is 1.38. The Balaban J connectivity index is 1.67. The smallest absolute Gasteiger partial charge is 0.261 e. The Bertz CT molecular complexity index is 1040. The standard InChI is InChI=1S/C19H20N4O3S/c1-3-23(17(24)10-20-19(26)15-9-8-12(2)27-15)11-16-21-14-7-5-4-6-13(14)18(25)22-16/h4-9H,3,10-11H2,1-2H3,(H,20,26)(H,21,22,25). The molecule has 27 heavy (non-hydrogen) atoms. The summed E-state index contributed by atoms with van der Waals surface area (Å²) in [7, 11) is 0. The highest BCUT2D eigenvalue weighted by atomic mass is 32.1. The number of likely N-dealkylation sites (N-methyl/N-ethyl adjacent to an activating group) is 1. The summed E-state index contributed by atoms with van der Waals surface area (Å²) in [6.45, 7) is 4.25. The van der Waals surface area contributed by atoms with Crippen LogP contribution in [0.1, 0.15) is 27.3 Å². The van der Waals surface area contributed by atoms with Gasteiger partial charge in [0.05, 0.1) is 28.9 Å². The summed E-state index contributed by atoms with van der Waals surface area (Å²) in [5.41, 5.74) is 0.349. The van der Waals surface area contributed by atoms with E-state index in [0.717, 1.165) is 4.88 Å². The van der Waals surface area contributed by atoms with Crippen molar-refractivity contribution in [3.63, 3.8) is 0 Å². The first-order chi connectivity index (χ1) is 13.0. The predicted molar refractivity (Wildman–Crippen MR) is 105 cm³/mol. The van der Waals surface area contributed by atoms with Gasteiger partial charge in [-0.15, -0.1) is 11.3 Å². The third-order valence-electron chi connectivity index (χ3n) is 4.10. The van der Waals surface area contributed by atoms with Crippen LogP contribution in [0.15, 0.2) is 41.2 Å². The van der Waals surface area contributed by atoms with Crippen LogP contribution in [0.5, 0.6) is 0 Å². The highest BCUT2D eigenvalue weighted by molar-refractivity contribution is 7.13. The van der Waals surface area contributed by atoms with E-state index in [1.54, 1.807) is 24.3 Å². The van der Waals surface area contributed by atoms with Gasteiger partial charge in [-0.3, -0.25) is 14.4 Å². The zero-order valence-electron chi connectivity index (χ0n) is 15.1. The maximum Gasteiger partial charge on any atom is 0.261 e. The second-order valence-corrected chi connectivity index (χ2v) is 7.32. The molecule has 0 aliphatic rings. The van der Waals surface area contributed by atoms with Gasteiger partial charge in [-0.2, -0.15) is 0 Å². The molecule has 0 atom stereocenters. The van der Waals surface area contributed by atoms with Gasteiger partial charge in [0.1, 0.15) is 5.82 Å². The molecule has 1 aromatic carbocycles. The van der Waals surface area contributed by atoms with E-state index in [0.29, 0.717) is 28.1 Å². The Labute approximate surface area is 160 Å². The molecule has 2 N–H and O–H groups in total. The first kappa shape index (κ1) is 18.8. The molecule has 0 saturated heterocycles. The number of benzene rings is 1. The normalized spacial score (nSPS) is 10.7. The highest BCUT2D eigenvalue weighted by Gasteiger charge is 2.16. The van der Waals surface area contributed by atoms with Crippen molar-refractivity contribution in [3.05, 3.63) is 62.3 Å². The van der Waals surface area contributed by atoms with Crippen LogP contribution in [-0.2, 0) is 11.3 Å². The van der Waals surface area contributed by atoms with Gasteiger partial charge >= 0.3 is 0 Å². The van der Waals surface area contributed by atoms with Crippen LogP contribution >= 0.6 is 11.3 Å². The molecule has 0 saturated carbocycles. The minimum atomic E-state index is -0.269. The first-order valence-electron chi connectivity index (χ1n) is 8.58. The Kier molecular flexibility index (Phi) is 5.66. The minimum absolute atomic E-state index is 0.110. The summed E-state index contributed by atoms with van der Waals surface area (Å²) < 4.78 is 0. The van der Waals surface area contributed by atoms with Crippen LogP contribution in [0.4, 0.5) is 0 Å².